The molecule has 0 bridgehead atoms. The first-order valence-electron chi connectivity index (χ1n) is 6.25. The van der Waals surface area contributed by atoms with Crippen LogP contribution in [0.4, 0.5) is 0 Å². The fourth-order valence-electron chi connectivity index (χ4n) is 1.93. The van der Waals surface area contributed by atoms with Gasteiger partial charge in [-0.05, 0) is 17.7 Å². The Morgan fingerprint density at radius 2 is 2.00 bits per heavy atom. The van der Waals surface area contributed by atoms with Crippen molar-refractivity contribution in [3.63, 3.8) is 0 Å². The molecule has 20 heavy (non-hydrogen) atoms. The van der Waals surface area contributed by atoms with Crippen LogP contribution in [0.15, 0.2) is 48.7 Å². The third-order valence-electron chi connectivity index (χ3n) is 2.92. The lowest BCUT2D eigenvalue weighted by Gasteiger charge is -2.08. The van der Waals surface area contributed by atoms with Gasteiger partial charge in [0.25, 0.3) is 0 Å². The zero-order valence-corrected chi connectivity index (χ0v) is 10.7. The van der Waals surface area contributed by atoms with Gasteiger partial charge < -0.3 is 5.43 Å². The Balaban J connectivity index is 1.65. The van der Waals surface area contributed by atoms with Crippen LogP contribution in [0, 0.1) is 5.41 Å². The quantitative estimate of drug-likeness (QED) is 0.328. The van der Waals surface area contributed by atoms with Gasteiger partial charge in [0.05, 0.1) is 5.39 Å². The lowest BCUT2D eigenvalue weighted by Crippen LogP contribution is -2.37. The largest absolute Gasteiger partial charge is 0.304 e. The summed E-state index contributed by atoms with van der Waals surface area (Å²) < 4.78 is 0. The smallest absolute Gasteiger partial charge is 0.161 e. The highest BCUT2D eigenvalue weighted by molar-refractivity contribution is 6.04. The summed E-state index contributed by atoms with van der Waals surface area (Å²) in [4.78, 5) is 4.15. The molecule has 4 N–H and O–H groups in total. The van der Waals surface area contributed by atoms with Gasteiger partial charge in [-0.1, -0.05) is 30.3 Å². The number of hydrogen-bond acceptors (Lipinski definition) is 4. The number of H-pyrrole nitrogens is 1. The highest BCUT2D eigenvalue weighted by Crippen LogP contribution is 2.11. The molecule has 100 valence electrons. The highest BCUT2D eigenvalue weighted by atomic mass is 15.4. The number of amidine groups is 1. The third-order valence-corrected chi connectivity index (χ3v) is 2.92. The van der Waals surface area contributed by atoms with Gasteiger partial charge in [-0.25, -0.2) is 10.4 Å². The van der Waals surface area contributed by atoms with Crippen molar-refractivity contribution in [2.75, 3.05) is 0 Å². The molecule has 2 aromatic heterocycles. The fraction of sp³-hybridized carbons (Fsp3) is 0.0714. The van der Waals surface area contributed by atoms with Crippen LogP contribution in [0.1, 0.15) is 11.3 Å². The summed E-state index contributed by atoms with van der Waals surface area (Å²) in [6.45, 7) is 0.629. The number of fused-ring (bicyclic) bond motifs is 1. The summed E-state index contributed by atoms with van der Waals surface area (Å²) in [6, 6.07) is 13.7. The van der Waals surface area contributed by atoms with Crippen molar-refractivity contribution in [2.45, 2.75) is 6.54 Å². The number of nitrogens with zero attached hydrogens (tertiary/aromatic N) is 2. The lowest BCUT2D eigenvalue weighted by molar-refractivity contribution is 0.650. The predicted molar refractivity (Wildman–Crippen MR) is 77.1 cm³/mol. The molecule has 3 rings (SSSR count). The molecule has 0 atom stereocenters. The number of aromatic amines is 1. The zero-order valence-electron chi connectivity index (χ0n) is 10.7. The molecule has 0 unspecified atom stereocenters. The maximum absolute atomic E-state index is 8.01. The third kappa shape index (κ3) is 2.50. The summed E-state index contributed by atoms with van der Waals surface area (Å²) in [5.41, 5.74) is 8.22. The number of nitrogens with one attached hydrogen (secondary N) is 4. The molecule has 1 aromatic carbocycles. The first-order valence-corrected chi connectivity index (χ1v) is 6.25. The molecule has 6 heteroatoms. The van der Waals surface area contributed by atoms with Crippen molar-refractivity contribution in [1.82, 2.24) is 26.0 Å². The molecule has 0 saturated carbocycles. The Kier molecular flexibility index (Phi) is 3.38. The summed E-state index contributed by atoms with van der Waals surface area (Å²) in [5.74, 6) is 0.209. The van der Waals surface area contributed by atoms with E-state index < -0.39 is 0 Å². The van der Waals surface area contributed by atoms with E-state index in [0.29, 0.717) is 17.9 Å². The van der Waals surface area contributed by atoms with Crippen molar-refractivity contribution < 1.29 is 0 Å². The number of hydrogen-bond donors (Lipinski definition) is 4. The number of pyridine rings is 1. The summed E-state index contributed by atoms with van der Waals surface area (Å²) in [5, 5.41) is 15.7. The first kappa shape index (κ1) is 12.3. The summed E-state index contributed by atoms with van der Waals surface area (Å²) >= 11 is 0. The van der Waals surface area contributed by atoms with E-state index in [1.807, 2.05) is 42.5 Å². The number of hydrazine groups is 1. The van der Waals surface area contributed by atoms with Crippen molar-refractivity contribution in [2.24, 2.45) is 0 Å². The first-order chi connectivity index (χ1) is 9.84. The summed E-state index contributed by atoms with van der Waals surface area (Å²) in [7, 11) is 0. The van der Waals surface area contributed by atoms with Crippen LogP contribution in [0.5, 0.6) is 0 Å². The fourth-order valence-corrected chi connectivity index (χ4v) is 1.93. The van der Waals surface area contributed by atoms with Gasteiger partial charge in [0.15, 0.2) is 11.5 Å². The Bertz CT molecular complexity index is 719. The molecule has 0 aliphatic carbocycles. The molecule has 3 aromatic rings. The molecular weight excluding hydrogens is 252 g/mol. The molecule has 2 heterocycles. The minimum absolute atomic E-state index is 0.209. The van der Waals surface area contributed by atoms with Gasteiger partial charge in [0.2, 0.25) is 0 Å². The molecule has 0 radical (unpaired) electrons. The van der Waals surface area contributed by atoms with Crippen molar-refractivity contribution in [3.8, 4) is 0 Å². The second-order valence-corrected chi connectivity index (χ2v) is 4.31. The monoisotopic (exact) mass is 266 g/mol. The molecular formula is C14H14N6. The van der Waals surface area contributed by atoms with Crippen LogP contribution in [-0.2, 0) is 6.54 Å². The molecule has 0 fully saturated rings. The van der Waals surface area contributed by atoms with E-state index in [2.05, 4.69) is 26.0 Å². The van der Waals surface area contributed by atoms with Crippen LogP contribution in [0.3, 0.4) is 0 Å². The molecule has 0 amide bonds. The van der Waals surface area contributed by atoms with Gasteiger partial charge in [-0.2, -0.15) is 5.10 Å². The van der Waals surface area contributed by atoms with Gasteiger partial charge >= 0.3 is 0 Å². The van der Waals surface area contributed by atoms with E-state index in [4.69, 9.17) is 5.41 Å². The maximum atomic E-state index is 8.01. The molecule has 0 saturated heterocycles. The SMILES string of the molecule is N=C(NNCc1ccccc1)c1n[nH]c2ncccc12. The number of rotatable bonds is 4. The van der Waals surface area contributed by atoms with E-state index in [0.717, 1.165) is 10.9 Å². The van der Waals surface area contributed by atoms with E-state index >= 15 is 0 Å². The Morgan fingerprint density at radius 1 is 1.15 bits per heavy atom. The molecule has 0 aliphatic heterocycles. The van der Waals surface area contributed by atoms with Gasteiger partial charge in [-0.3, -0.25) is 10.5 Å². The standard InChI is InChI=1S/C14H14N6/c15-13(19-17-9-10-5-2-1-3-6-10)12-11-7-4-8-16-14(11)20-18-12/h1-8,17H,9H2,(H2,15,19)(H,16,18,20). The van der Waals surface area contributed by atoms with Crippen LogP contribution in [0.2, 0.25) is 0 Å². The Hall–Kier alpha value is -2.73. The van der Waals surface area contributed by atoms with Gasteiger partial charge in [-0.15, -0.1) is 0 Å². The van der Waals surface area contributed by atoms with E-state index in [1.54, 1.807) is 6.20 Å². The normalized spacial score (nSPS) is 10.6. The van der Waals surface area contributed by atoms with Crippen LogP contribution in [-0.4, -0.2) is 21.0 Å². The van der Waals surface area contributed by atoms with E-state index in [1.165, 1.54) is 0 Å². The predicted octanol–water partition coefficient (Wildman–Crippen LogP) is 1.58. The maximum Gasteiger partial charge on any atom is 0.161 e. The zero-order chi connectivity index (χ0) is 13.8. The topological polar surface area (TPSA) is 89.5 Å². The lowest BCUT2D eigenvalue weighted by atomic mass is 10.2. The minimum atomic E-state index is 0.209. The van der Waals surface area contributed by atoms with E-state index in [-0.39, 0.29) is 5.84 Å². The number of benzene rings is 1. The van der Waals surface area contributed by atoms with E-state index in [9.17, 15) is 0 Å². The average molecular weight is 266 g/mol. The Morgan fingerprint density at radius 3 is 2.85 bits per heavy atom. The number of aromatic nitrogens is 3. The average Bonchev–Trinajstić information content (AvgIpc) is 2.92. The van der Waals surface area contributed by atoms with Crippen molar-refractivity contribution >= 4 is 16.9 Å². The molecule has 6 nitrogen and oxygen atoms in total. The minimum Gasteiger partial charge on any atom is -0.304 e. The van der Waals surface area contributed by atoms with Gasteiger partial charge in [0.1, 0.15) is 5.69 Å². The molecule has 0 aliphatic rings. The highest BCUT2D eigenvalue weighted by Gasteiger charge is 2.10. The van der Waals surface area contributed by atoms with Crippen molar-refractivity contribution in [1.29, 1.82) is 5.41 Å². The van der Waals surface area contributed by atoms with Gasteiger partial charge in [0, 0.05) is 12.7 Å². The molecule has 0 spiro atoms. The summed E-state index contributed by atoms with van der Waals surface area (Å²) in [6.07, 6.45) is 1.69. The second-order valence-electron chi connectivity index (χ2n) is 4.31. The van der Waals surface area contributed by atoms with Crippen molar-refractivity contribution in [3.05, 3.63) is 59.9 Å². The Labute approximate surface area is 115 Å². The van der Waals surface area contributed by atoms with Crippen LogP contribution in [0.25, 0.3) is 11.0 Å². The van der Waals surface area contributed by atoms with Crippen LogP contribution < -0.4 is 10.9 Å². The second kappa shape index (κ2) is 5.50. The van der Waals surface area contributed by atoms with Crippen LogP contribution >= 0.6 is 0 Å².